The molecule has 0 heterocycles. The van der Waals surface area contributed by atoms with Crippen molar-refractivity contribution in [1.82, 2.24) is 0 Å². The second-order valence-corrected chi connectivity index (χ2v) is 19.6. The van der Waals surface area contributed by atoms with E-state index in [2.05, 4.69) is 36.3 Å². The summed E-state index contributed by atoms with van der Waals surface area (Å²) in [5.74, 6) is -0.910. The van der Waals surface area contributed by atoms with Crippen LogP contribution in [-0.4, -0.2) is 63.4 Å². The number of azo groups is 2. The molecule has 0 aromatic heterocycles. The maximum atomic E-state index is 13.7. The summed E-state index contributed by atoms with van der Waals surface area (Å²) >= 11 is 0. The number of hydrazone groups is 1. The van der Waals surface area contributed by atoms with Crippen molar-refractivity contribution in [3.05, 3.63) is 149 Å². The molecule has 20 nitrogen and oxygen atoms in total. The maximum absolute atomic E-state index is 13.7. The van der Waals surface area contributed by atoms with Crippen LogP contribution in [-0.2, 0) is 40.5 Å². The van der Waals surface area contributed by atoms with Gasteiger partial charge in [-0.25, -0.2) is 33.7 Å². The Morgan fingerprint density at radius 1 is 0.443 bits per heavy atom. The van der Waals surface area contributed by atoms with E-state index in [1.807, 2.05) is 6.07 Å². The minimum Gasteiger partial charge on any atom is -0.744 e. The second-order valence-electron chi connectivity index (χ2n) is 14.1. The van der Waals surface area contributed by atoms with Gasteiger partial charge in [-0.05, 0) is 109 Å². The van der Waals surface area contributed by atoms with Gasteiger partial charge < -0.3 is 23.5 Å². The molecule has 0 aliphatic heterocycles. The second kappa shape index (κ2) is 23.6. The van der Waals surface area contributed by atoms with Gasteiger partial charge in [0, 0.05) is 38.5 Å². The fraction of sp³-hybridized carbons (Fsp3) is 0. The van der Waals surface area contributed by atoms with Crippen molar-refractivity contribution in [2.24, 2.45) is 25.6 Å². The Morgan fingerprint density at radius 2 is 0.971 bits per heavy atom. The molecular formula is C42H25N7Na4O13S4. The van der Waals surface area contributed by atoms with Gasteiger partial charge in [-0.3, -0.25) is 10.2 Å². The number of hydrogen-bond acceptors (Lipinski definition) is 20. The van der Waals surface area contributed by atoms with Gasteiger partial charge in [-0.15, -0.1) is 15.3 Å². The molecule has 0 atom stereocenters. The van der Waals surface area contributed by atoms with Crippen molar-refractivity contribution in [2.75, 3.05) is 10.7 Å². The number of Topliss-reactive ketones (excluding diaryl/α,β-unsaturated/α-hetero) is 1. The van der Waals surface area contributed by atoms with Crippen LogP contribution in [0, 0.1) is 0 Å². The molecule has 1 aliphatic carbocycles. The Hall–Kier alpha value is -3.42. The van der Waals surface area contributed by atoms with E-state index in [1.165, 1.54) is 60.7 Å². The summed E-state index contributed by atoms with van der Waals surface area (Å²) in [5, 5.41) is 24.0. The first-order valence-electron chi connectivity index (χ1n) is 18.6. The normalized spacial score (nSPS) is 13.5. The molecule has 2 N–H and O–H groups in total. The molecule has 0 radical (unpaired) electrons. The molecule has 0 saturated heterocycles. The molecule has 0 spiro atoms. The Morgan fingerprint density at radius 3 is 1.56 bits per heavy atom. The van der Waals surface area contributed by atoms with Crippen LogP contribution in [0.15, 0.2) is 179 Å². The summed E-state index contributed by atoms with van der Waals surface area (Å²) in [6, 6.07) is 29.8. The summed E-state index contributed by atoms with van der Waals surface area (Å²) < 4.78 is 145. The fourth-order valence-electron chi connectivity index (χ4n) is 6.72. The number of nitrogens with zero attached hydrogens (tertiary/aromatic N) is 5. The van der Waals surface area contributed by atoms with Gasteiger partial charge in [-0.1, -0.05) is 36.4 Å². The largest absolute Gasteiger partial charge is 1.00 e. The number of allylic oxidation sites excluding steroid dienone is 1. The molecule has 7 aromatic rings. The Bertz CT molecular complexity index is 3810. The number of carbonyl (C=O) groups is 1. The standard InChI is InChI=1S/C42H29N7O13S4.4Na/c50-42-31-12-9-26(43-25-5-2-1-3-6-25)19-24(31)20-40(66(60,61)62)41(42)49-48-37-16-18-39(35-23-30(65(57,58)59)11-14-33(35)37)47-46-38-17-15-36(32-13-10-29(22-34(32)38)64(54,55)56)45-44-27-7-4-8-28(21-27)63(51,52)53;;;;/h1-23,43,48H,(H,51,52,53)(H,54,55,56)(H,57,58,59)(H,60,61,62);;;;/q;4*+1/p-4. The van der Waals surface area contributed by atoms with Crippen LogP contribution in [0.4, 0.5) is 39.8 Å². The monoisotopic (exact) mass is 1050 g/mol. The fourth-order valence-corrected chi connectivity index (χ4v) is 8.87. The number of para-hydroxylation sites is 1. The number of benzene rings is 7. The zero-order valence-corrected chi connectivity index (χ0v) is 48.2. The topological polar surface area (TPSA) is 332 Å². The van der Waals surface area contributed by atoms with E-state index in [4.69, 9.17) is 0 Å². The van der Waals surface area contributed by atoms with Gasteiger partial charge in [0.05, 0.1) is 48.0 Å². The minimum atomic E-state index is -5.31. The third-order valence-electron chi connectivity index (χ3n) is 9.78. The van der Waals surface area contributed by atoms with Crippen molar-refractivity contribution >= 4 is 119 Å². The molecule has 334 valence electrons. The van der Waals surface area contributed by atoms with E-state index in [-0.39, 0.29) is 179 Å². The number of fused-ring (bicyclic) bond motifs is 3. The van der Waals surface area contributed by atoms with E-state index >= 15 is 0 Å². The van der Waals surface area contributed by atoms with Crippen LogP contribution in [0.5, 0.6) is 0 Å². The zero-order valence-electron chi connectivity index (χ0n) is 37.0. The molecule has 0 amide bonds. The van der Waals surface area contributed by atoms with Crippen LogP contribution < -0.4 is 129 Å². The van der Waals surface area contributed by atoms with E-state index in [9.17, 15) is 56.7 Å². The van der Waals surface area contributed by atoms with Gasteiger partial charge in [0.15, 0.2) is 0 Å². The zero-order chi connectivity index (χ0) is 47.2. The van der Waals surface area contributed by atoms with Gasteiger partial charge in [-0.2, -0.15) is 10.2 Å². The maximum Gasteiger partial charge on any atom is 1.00 e. The first kappa shape index (κ1) is 59.1. The van der Waals surface area contributed by atoms with Crippen LogP contribution in [0.3, 0.4) is 0 Å². The van der Waals surface area contributed by atoms with Gasteiger partial charge >= 0.3 is 118 Å². The van der Waals surface area contributed by atoms with E-state index in [1.54, 1.807) is 30.3 Å². The molecule has 7 aromatic carbocycles. The summed E-state index contributed by atoms with van der Waals surface area (Å²) in [6.45, 7) is 0. The van der Waals surface area contributed by atoms with Crippen molar-refractivity contribution in [2.45, 2.75) is 14.7 Å². The molecule has 1 aliphatic rings. The summed E-state index contributed by atoms with van der Waals surface area (Å²) in [4.78, 5) is 10.9. The van der Waals surface area contributed by atoms with Gasteiger partial charge in [0.2, 0.25) is 5.78 Å². The third kappa shape index (κ3) is 13.6. The number of anilines is 3. The summed E-state index contributed by atoms with van der Waals surface area (Å²) in [5.41, 5.74) is 3.09. The van der Waals surface area contributed by atoms with Crippen LogP contribution in [0.2, 0.25) is 0 Å². The minimum absolute atomic E-state index is 0. The van der Waals surface area contributed by atoms with E-state index < -0.39 is 71.6 Å². The molecule has 0 saturated carbocycles. The first-order valence-corrected chi connectivity index (χ1v) is 24.2. The van der Waals surface area contributed by atoms with Crippen LogP contribution in [0.25, 0.3) is 27.6 Å². The van der Waals surface area contributed by atoms with Crippen molar-refractivity contribution in [1.29, 1.82) is 0 Å². The van der Waals surface area contributed by atoms with Crippen LogP contribution >= 0.6 is 0 Å². The molecule has 70 heavy (non-hydrogen) atoms. The third-order valence-corrected chi connectivity index (χ3v) is 13.1. The number of carbonyl (C=O) groups excluding carboxylic acids is 1. The van der Waals surface area contributed by atoms with Crippen molar-refractivity contribution in [3.63, 3.8) is 0 Å². The van der Waals surface area contributed by atoms with E-state index in [0.717, 1.165) is 42.5 Å². The summed E-state index contributed by atoms with van der Waals surface area (Å²) in [7, 11) is -20.2. The predicted molar refractivity (Wildman–Crippen MR) is 236 cm³/mol. The Kier molecular flexibility index (Phi) is 20.0. The molecule has 8 rings (SSSR count). The average Bonchev–Trinajstić information content (AvgIpc) is 3.26. The molecule has 28 heteroatoms. The average molecular weight is 1060 g/mol. The number of rotatable bonds is 12. The van der Waals surface area contributed by atoms with Gasteiger partial charge in [0.25, 0.3) is 0 Å². The molecule has 0 fully saturated rings. The van der Waals surface area contributed by atoms with Crippen molar-refractivity contribution < 1.29 is 175 Å². The quantitative estimate of drug-likeness (QED) is 0.0508. The molecule has 0 bridgehead atoms. The Balaban J connectivity index is 0.00000266. The van der Waals surface area contributed by atoms with E-state index in [0.29, 0.717) is 11.4 Å². The number of nitrogens with one attached hydrogen (secondary N) is 2. The molecular weight excluding hydrogens is 1030 g/mol. The number of hydrogen-bond donors (Lipinski definition) is 2. The first-order chi connectivity index (χ1) is 31.1. The summed E-state index contributed by atoms with van der Waals surface area (Å²) in [6.07, 6.45) is 1.01. The smallest absolute Gasteiger partial charge is 0.744 e. The number of ketones is 1. The van der Waals surface area contributed by atoms with Crippen LogP contribution in [0.1, 0.15) is 15.9 Å². The molecule has 0 unspecified atom stereocenters. The Labute approximate surface area is 488 Å². The van der Waals surface area contributed by atoms with Crippen molar-refractivity contribution in [3.8, 4) is 0 Å². The SMILES string of the molecule is O=C1C(=NNc2ccc(N=Nc3ccc(N=Nc4cccc(S(=O)(=O)[O-])c4)c4ccc(S(=O)(=O)[O-])cc34)c3cc(S(=O)(=O)[O-])ccc23)C(S(=O)(=O)[O-])=Cc2cc(Nc3ccccc3)ccc21.[Na+].[Na+].[Na+].[Na+]. The predicted octanol–water partition coefficient (Wildman–Crippen LogP) is -4.15. The van der Waals surface area contributed by atoms with Gasteiger partial charge in [0.1, 0.15) is 46.2 Å².